The van der Waals surface area contributed by atoms with Gasteiger partial charge in [-0.05, 0) is 73.7 Å². The summed E-state index contributed by atoms with van der Waals surface area (Å²) in [5.74, 6) is 0.0676. The van der Waals surface area contributed by atoms with Gasteiger partial charge in [0.25, 0.3) is 5.91 Å². The van der Waals surface area contributed by atoms with Crippen LogP contribution in [-0.2, 0) is 11.2 Å². The number of amides is 1. The number of benzene rings is 2. The zero-order valence-corrected chi connectivity index (χ0v) is 16.7. The van der Waals surface area contributed by atoms with Crippen LogP contribution in [0.3, 0.4) is 0 Å². The molecule has 2 aromatic carbocycles. The first kappa shape index (κ1) is 18.2. The van der Waals surface area contributed by atoms with Crippen LogP contribution in [0.1, 0.15) is 28.8 Å². The Balaban J connectivity index is 1.42. The highest BCUT2D eigenvalue weighted by atomic mass is 35.5. The van der Waals surface area contributed by atoms with Gasteiger partial charge in [0, 0.05) is 22.8 Å². The molecule has 146 valence electrons. The second-order valence-electron chi connectivity index (χ2n) is 8.43. The molecule has 0 aromatic heterocycles. The largest absolute Gasteiger partial charge is 0.378 e. The van der Waals surface area contributed by atoms with Crippen molar-refractivity contribution in [2.75, 3.05) is 37.7 Å². The van der Waals surface area contributed by atoms with Gasteiger partial charge in [0.15, 0.2) is 0 Å². The molecule has 2 saturated heterocycles. The van der Waals surface area contributed by atoms with E-state index in [4.69, 9.17) is 16.3 Å². The molecule has 0 N–H and O–H groups in total. The van der Waals surface area contributed by atoms with Gasteiger partial charge in [-0.3, -0.25) is 9.69 Å². The monoisotopic (exact) mass is 396 g/mol. The van der Waals surface area contributed by atoms with E-state index in [0.717, 1.165) is 57.8 Å². The number of fused-ring (bicyclic) bond motifs is 1. The van der Waals surface area contributed by atoms with Crippen molar-refractivity contribution >= 4 is 23.2 Å². The van der Waals surface area contributed by atoms with Gasteiger partial charge in [-0.1, -0.05) is 29.8 Å². The van der Waals surface area contributed by atoms with Crippen molar-refractivity contribution in [3.8, 4) is 0 Å². The fourth-order valence-corrected chi connectivity index (χ4v) is 4.99. The van der Waals surface area contributed by atoms with Crippen molar-refractivity contribution in [3.05, 3.63) is 64.7 Å². The van der Waals surface area contributed by atoms with Crippen molar-refractivity contribution in [2.45, 2.75) is 25.3 Å². The van der Waals surface area contributed by atoms with E-state index in [1.807, 2.05) is 23.1 Å². The highest BCUT2D eigenvalue weighted by Crippen LogP contribution is 2.44. The number of hydrogen-bond donors (Lipinski definition) is 0. The number of para-hydroxylation sites is 1. The smallest absolute Gasteiger partial charge is 0.258 e. The number of ether oxygens (including phenoxy) is 1. The molecule has 28 heavy (non-hydrogen) atoms. The maximum Gasteiger partial charge on any atom is 0.258 e. The van der Waals surface area contributed by atoms with E-state index in [1.54, 1.807) is 12.1 Å². The zero-order valence-electron chi connectivity index (χ0n) is 15.9. The normalized spacial score (nSPS) is 22.0. The number of likely N-dealkylation sites (tertiary alicyclic amines) is 1. The lowest BCUT2D eigenvalue weighted by molar-refractivity contribution is -0.0810. The first-order valence-electron chi connectivity index (χ1n) is 10.1. The molecule has 1 amide bonds. The van der Waals surface area contributed by atoms with Gasteiger partial charge in [0.1, 0.15) is 0 Å². The van der Waals surface area contributed by atoms with Gasteiger partial charge in [0.2, 0.25) is 0 Å². The van der Waals surface area contributed by atoms with Crippen LogP contribution in [-0.4, -0.2) is 49.7 Å². The van der Waals surface area contributed by atoms with Gasteiger partial charge < -0.3 is 9.64 Å². The molecule has 3 heterocycles. The lowest BCUT2D eigenvalue weighted by Crippen LogP contribution is -2.57. The molecule has 0 aliphatic carbocycles. The molecule has 0 unspecified atom stereocenters. The Labute approximate surface area is 171 Å². The van der Waals surface area contributed by atoms with Crippen molar-refractivity contribution in [2.24, 2.45) is 5.41 Å². The summed E-state index contributed by atoms with van der Waals surface area (Å²) >= 11 is 6.02. The molecule has 3 aliphatic heterocycles. The summed E-state index contributed by atoms with van der Waals surface area (Å²) in [4.78, 5) is 18.0. The van der Waals surface area contributed by atoms with Gasteiger partial charge in [0.05, 0.1) is 19.3 Å². The predicted molar refractivity (Wildman–Crippen MR) is 111 cm³/mol. The van der Waals surface area contributed by atoms with Crippen LogP contribution < -0.4 is 4.90 Å². The first-order valence-corrected chi connectivity index (χ1v) is 10.5. The Morgan fingerprint density at radius 2 is 1.75 bits per heavy atom. The lowest BCUT2D eigenvalue weighted by Gasteiger charge is -2.50. The topological polar surface area (TPSA) is 32.8 Å². The Bertz CT molecular complexity index is 870. The highest BCUT2D eigenvalue weighted by molar-refractivity contribution is 6.30. The van der Waals surface area contributed by atoms with Gasteiger partial charge in [-0.15, -0.1) is 0 Å². The number of hydrogen-bond acceptors (Lipinski definition) is 3. The van der Waals surface area contributed by atoms with Crippen molar-refractivity contribution in [1.29, 1.82) is 0 Å². The molecular weight excluding hydrogens is 372 g/mol. The number of piperidine rings is 1. The van der Waals surface area contributed by atoms with Crippen LogP contribution in [0.25, 0.3) is 0 Å². The summed E-state index contributed by atoms with van der Waals surface area (Å²) in [7, 11) is 0. The van der Waals surface area contributed by atoms with Gasteiger partial charge >= 0.3 is 0 Å². The van der Waals surface area contributed by atoms with Gasteiger partial charge in [-0.25, -0.2) is 0 Å². The molecule has 5 rings (SSSR count). The Morgan fingerprint density at radius 3 is 2.43 bits per heavy atom. The SMILES string of the molecule is O=C(c1ccc(Cl)cc1)N1CC2(CCN(C3COC3)CC2)Cc2ccccc21. The second kappa shape index (κ2) is 7.18. The number of rotatable bonds is 2. The van der Waals surface area contributed by atoms with Crippen LogP contribution in [0.15, 0.2) is 48.5 Å². The van der Waals surface area contributed by atoms with E-state index < -0.39 is 0 Å². The second-order valence-corrected chi connectivity index (χ2v) is 8.87. The Morgan fingerprint density at radius 1 is 1.04 bits per heavy atom. The zero-order chi connectivity index (χ0) is 19.1. The highest BCUT2D eigenvalue weighted by Gasteiger charge is 2.43. The van der Waals surface area contributed by atoms with Crippen LogP contribution >= 0.6 is 11.6 Å². The maximum absolute atomic E-state index is 13.4. The quantitative estimate of drug-likeness (QED) is 0.768. The van der Waals surface area contributed by atoms with E-state index in [-0.39, 0.29) is 11.3 Å². The van der Waals surface area contributed by atoms with Crippen molar-refractivity contribution in [3.63, 3.8) is 0 Å². The summed E-state index contributed by atoms with van der Waals surface area (Å²) in [5.41, 5.74) is 3.21. The van der Waals surface area contributed by atoms with Crippen LogP contribution in [0, 0.1) is 5.41 Å². The van der Waals surface area contributed by atoms with E-state index in [2.05, 4.69) is 23.1 Å². The van der Waals surface area contributed by atoms with E-state index >= 15 is 0 Å². The summed E-state index contributed by atoms with van der Waals surface area (Å²) < 4.78 is 5.37. The summed E-state index contributed by atoms with van der Waals surface area (Å²) in [6.45, 7) is 4.73. The molecule has 5 heteroatoms. The van der Waals surface area contributed by atoms with Crippen LogP contribution in [0.2, 0.25) is 5.02 Å². The molecule has 0 radical (unpaired) electrons. The predicted octanol–water partition coefficient (Wildman–Crippen LogP) is 4.02. The number of carbonyl (C=O) groups is 1. The molecule has 0 bridgehead atoms. The number of halogens is 1. The molecule has 0 saturated carbocycles. The van der Waals surface area contributed by atoms with E-state index in [1.165, 1.54) is 5.56 Å². The Kier molecular flexibility index (Phi) is 4.66. The minimum absolute atomic E-state index is 0.0676. The summed E-state index contributed by atoms with van der Waals surface area (Å²) in [6, 6.07) is 16.2. The molecule has 4 nitrogen and oxygen atoms in total. The van der Waals surface area contributed by atoms with Crippen LogP contribution in [0.5, 0.6) is 0 Å². The first-order chi connectivity index (χ1) is 13.6. The average molecular weight is 397 g/mol. The fraction of sp³-hybridized carbons (Fsp3) is 0.435. The van der Waals surface area contributed by atoms with Gasteiger partial charge in [-0.2, -0.15) is 0 Å². The summed E-state index contributed by atoms with van der Waals surface area (Å²) in [6.07, 6.45) is 3.31. The molecule has 2 aromatic rings. The molecule has 0 atom stereocenters. The third-order valence-electron chi connectivity index (χ3n) is 6.67. The Hall–Kier alpha value is -1.88. The lowest BCUT2D eigenvalue weighted by atomic mass is 9.70. The number of anilines is 1. The van der Waals surface area contributed by atoms with Crippen molar-refractivity contribution < 1.29 is 9.53 Å². The third-order valence-corrected chi connectivity index (χ3v) is 6.93. The number of nitrogens with zero attached hydrogens (tertiary/aromatic N) is 2. The molecule has 1 spiro atoms. The van der Waals surface area contributed by atoms with E-state index in [0.29, 0.717) is 16.6 Å². The third kappa shape index (κ3) is 3.24. The fourth-order valence-electron chi connectivity index (χ4n) is 4.87. The average Bonchev–Trinajstić information content (AvgIpc) is 2.68. The van der Waals surface area contributed by atoms with Crippen molar-refractivity contribution in [1.82, 2.24) is 4.90 Å². The number of carbonyl (C=O) groups excluding carboxylic acids is 1. The van der Waals surface area contributed by atoms with Crippen LogP contribution in [0.4, 0.5) is 5.69 Å². The molecule has 2 fully saturated rings. The molecular formula is C23H25ClN2O2. The standard InChI is InChI=1S/C23H25ClN2O2/c24-19-7-5-17(6-8-19)22(27)26-16-23(13-18-3-1-2-4-21(18)26)9-11-25(12-10-23)20-14-28-15-20/h1-8,20H,9-16H2. The summed E-state index contributed by atoms with van der Waals surface area (Å²) in [5, 5.41) is 0.652. The van der Waals surface area contributed by atoms with E-state index in [9.17, 15) is 4.79 Å². The molecule has 3 aliphatic rings. The maximum atomic E-state index is 13.4. The minimum Gasteiger partial charge on any atom is -0.378 e. The minimum atomic E-state index is 0.0676.